The SMILES string of the molecule is COc1ccc(NC(=O)COC(=O)c2ccc(F)cc2)cc1Cl. The van der Waals surface area contributed by atoms with Gasteiger partial charge in [0.05, 0.1) is 17.7 Å². The van der Waals surface area contributed by atoms with E-state index >= 15 is 0 Å². The first-order chi connectivity index (χ1) is 11.0. The van der Waals surface area contributed by atoms with Gasteiger partial charge in [0.1, 0.15) is 11.6 Å². The van der Waals surface area contributed by atoms with Gasteiger partial charge in [0, 0.05) is 5.69 Å². The Labute approximate surface area is 137 Å². The molecule has 0 aliphatic rings. The van der Waals surface area contributed by atoms with Gasteiger partial charge >= 0.3 is 5.97 Å². The van der Waals surface area contributed by atoms with Crippen LogP contribution >= 0.6 is 11.6 Å². The molecule has 7 heteroatoms. The molecule has 0 aliphatic heterocycles. The maximum Gasteiger partial charge on any atom is 0.338 e. The molecule has 2 aromatic rings. The summed E-state index contributed by atoms with van der Waals surface area (Å²) in [6, 6.07) is 9.54. The lowest BCUT2D eigenvalue weighted by Crippen LogP contribution is -2.20. The van der Waals surface area contributed by atoms with E-state index in [2.05, 4.69) is 5.32 Å². The van der Waals surface area contributed by atoms with E-state index in [1.807, 2.05) is 0 Å². The summed E-state index contributed by atoms with van der Waals surface area (Å²) < 4.78 is 22.6. The zero-order chi connectivity index (χ0) is 16.8. The summed E-state index contributed by atoms with van der Waals surface area (Å²) in [5, 5.41) is 2.88. The first kappa shape index (κ1) is 16.8. The Hall–Kier alpha value is -2.60. The van der Waals surface area contributed by atoms with Crippen molar-refractivity contribution in [2.24, 2.45) is 0 Å². The second-order valence-electron chi connectivity index (χ2n) is 4.48. The minimum atomic E-state index is -0.715. The number of nitrogens with one attached hydrogen (secondary N) is 1. The lowest BCUT2D eigenvalue weighted by Gasteiger charge is -2.08. The quantitative estimate of drug-likeness (QED) is 0.850. The summed E-state index contributed by atoms with van der Waals surface area (Å²) in [6.07, 6.45) is 0. The number of esters is 1. The zero-order valence-corrected chi connectivity index (χ0v) is 12.9. The monoisotopic (exact) mass is 337 g/mol. The van der Waals surface area contributed by atoms with E-state index in [1.54, 1.807) is 12.1 Å². The Balaban J connectivity index is 1.88. The van der Waals surface area contributed by atoms with Crippen LogP contribution in [-0.4, -0.2) is 25.6 Å². The molecule has 0 fully saturated rings. The Bertz CT molecular complexity index is 719. The van der Waals surface area contributed by atoms with Gasteiger partial charge in [0.25, 0.3) is 5.91 Å². The van der Waals surface area contributed by atoms with Crippen molar-refractivity contribution in [1.82, 2.24) is 0 Å². The first-order valence-corrected chi connectivity index (χ1v) is 6.93. The van der Waals surface area contributed by atoms with Crippen molar-refractivity contribution in [3.05, 3.63) is 58.9 Å². The van der Waals surface area contributed by atoms with E-state index in [4.69, 9.17) is 21.1 Å². The Kier molecular flexibility index (Phi) is 5.54. The summed E-state index contributed by atoms with van der Waals surface area (Å²) in [6.45, 7) is -0.472. The molecular weight excluding hydrogens is 325 g/mol. The number of hydrogen-bond acceptors (Lipinski definition) is 4. The second-order valence-corrected chi connectivity index (χ2v) is 4.89. The van der Waals surface area contributed by atoms with Gasteiger partial charge in [-0.25, -0.2) is 9.18 Å². The molecule has 0 spiro atoms. The topological polar surface area (TPSA) is 64.6 Å². The standard InChI is InChI=1S/C16H13ClFNO4/c1-22-14-7-6-12(8-13(14)17)19-15(20)9-23-16(21)10-2-4-11(18)5-3-10/h2-8H,9H2,1H3,(H,19,20). The second kappa shape index (κ2) is 7.60. The molecule has 0 saturated heterocycles. The lowest BCUT2D eigenvalue weighted by atomic mass is 10.2. The van der Waals surface area contributed by atoms with E-state index in [1.165, 1.54) is 25.3 Å². The van der Waals surface area contributed by atoms with Crippen molar-refractivity contribution in [1.29, 1.82) is 0 Å². The van der Waals surface area contributed by atoms with Gasteiger partial charge in [0.15, 0.2) is 6.61 Å². The van der Waals surface area contributed by atoms with Crippen molar-refractivity contribution in [2.75, 3.05) is 19.0 Å². The number of amides is 1. The van der Waals surface area contributed by atoms with Crippen LogP contribution in [0.5, 0.6) is 5.75 Å². The maximum absolute atomic E-state index is 12.8. The van der Waals surface area contributed by atoms with Crippen LogP contribution in [0.4, 0.5) is 10.1 Å². The van der Waals surface area contributed by atoms with Gasteiger partial charge in [-0.3, -0.25) is 4.79 Å². The van der Waals surface area contributed by atoms with E-state index < -0.39 is 24.3 Å². The largest absolute Gasteiger partial charge is 0.495 e. The molecule has 0 heterocycles. The Morgan fingerprint density at radius 2 is 1.87 bits per heavy atom. The van der Waals surface area contributed by atoms with Crippen molar-refractivity contribution in [2.45, 2.75) is 0 Å². The van der Waals surface area contributed by atoms with Crippen LogP contribution in [0.1, 0.15) is 10.4 Å². The number of carbonyl (C=O) groups excluding carboxylic acids is 2. The number of methoxy groups -OCH3 is 1. The number of carbonyl (C=O) groups is 2. The summed E-state index contributed by atoms with van der Waals surface area (Å²) in [5.74, 6) is -1.22. The summed E-state index contributed by atoms with van der Waals surface area (Å²) in [5.41, 5.74) is 0.602. The van der Waals surface area contributed by atoms with Crippen molar-refractivity contribution in [3.63, 3.8) is 0 Å². The third kappa shape index (κ3) is 4.69. The summed E-state index contributed by atoms with van der Waals surface area (Å²) in [4.78, 5) is 23.4. The van der Waals surface area contributed by atoms with Crippen molar-refractivity contribution >= 4 is 29.2 Å². The highest BCUT2D eigenvalue weighted by molar-refractivity contribution is 6.32. The third-order valence-electron chi connectivity index (χ3n) is 2.85. The molecule has 5 nitrogen and oxygen atoms in total. The number of ether oxygens (including phenoxy) is 2. The van der Waals surface area contributed by atoms with E-state index in [-0.39, 0.29) is 5.56 Å². The van der Waals surface area contributed by atoms with Crippen LogP contribution in [0.25, 0.3) is 0 Å². The molecule has 0 bridgehead atoms. The molecule has 0 saturated carbocycles. The number of rotatable bonds is 5. The van der Waals surface area contributed by atoms with Gasteiger partial charge in [-0.15, -0.1) is 0 Å². The lowest BCUT2D eigenvalue weighted by molar-refractivity contribution is -0.119. The fourth-order valence-corrected chi connectivity index (χ4v) is 2.00. The molecule has 0 aliphatic carbocycles. The van der Waals surface area contributed by atoms with Crippen LogP contribution in [0.3, 0.4) is 0 Å². The molecule has 1 amide bonds. The smallest absolute Gasteiger partial charge is 0.338 e. The van der Waals surface area contributed by atoms with Gasteiger partial charge < -0.3 is 14.8 Å². The molecule has 0 unspecified atom stereocenters. The fourth-order valence-electron chi connectivity index (χ4n) is 1.74. The average molecular weight is 338 g/mol. The molecule has 0 atom stereocenters. The molecule has 2 rings (SSSR count). The van der Waals surface area contributed by atoms with Gasteiger partial charge in [0.2, 0.25) is 0 Å². The molecule has 120 valence electrons. The van der Waals surface area contributed by atoms with E-state index in [0.29, 0.717) is 16.5 Å². The van der Waals surface area contributed by atoms with Crippen molar-refractivity contribution in [3.8, 4) is 5.75 Å². The van der Waals surface area contributed by atoms with E-state index in [0.717, 1.165) is 12.1 Å². The maximum atomic E-state index is 12.8. The average Bonchev–Trinajstić information content (AvgIpc) is 2.53. The van der Waals surface area contributed by atoms with Crippen LogP contribution in [-0.2, 0) is 9.53 Å². The molecule has 1 N–H and O–H groups in total. The molecule has 2 aromatic carbocycles. The summed E-state index contributed by atoms with van der Waals surface area (Å²) >= 11 is 5.94. The highest BCUT2D eigenvalue weighted by Gasteiger charge is 2.11. The van der Waals surface area contributed by atoms with Gasteiger partial charge in [-0.05, 0) is 42.5 Å². The predicted molar refractivity (Wildman–Crippen MR) is 83.3 cm³/mol. The Morgan fingerprint density at radius 1 is 1.17 bits per heavy atom. The number of anilines is 1. The molecule has 0 radical (unpaired) electrons. The number of halogens is 2. The minimum Gasteiger partial charge on any atom is -0.495 e. The minimum absolute atomic E-state index is 0.159. The highest BCUT2D eigenvalue weighted by atomic mass is 35.5. The normalized spacial score (nSPS) is 10.0. The first-order valence-electron chi connectivity index (χ1n) is 6.55. The predicted octanol–water partition coefficient (Wildman–Crippen LogP) is 3.28. The van der Waals surface area contributed by atoms with Gasteiger partial charge in [-0.1, -0.05) is 11.6 Å². The van der Waals surface area contributed by atoms with E-state index in [9.17, 15) is 14.0 Å². The summed E-state index contributed by atoms with van der Waals surface area (Å²) in [7, 11) is 1.48. The fraction of sp³-hybridized carbons (Fsp3) is 0.125. The molecule has 23 heavy (non-hydrogen) atoms. The molecular formula is C16H13ClFNO4. The van der Waals surface area contributed by atoms with Crippen LogP contribution in [0, 0.1) is 5.82 Å². The third-order valence-corrected chi connectivity index (χ3v) is 3.15. The number of benzene rings is 2. The zero-order valence-electron chi connectivity index (χ0n) is 12.1. The highest BCUT2D eigenvalue weighted by Crippen LogP contribution is 2.27. The molecule has 0 aromatic heterocycles. The van der Waals surface area contributed by atoms with Crippen LogP contribution in [0.2, 0.25) is 5.02 Å². The van der Waals surface area contributed by atoms with Crippen molar-refractivity contribution < 1.29 is 23.5 Å². The Morgan fingerprint density at radius 3 is 2.48 bits per heavy atom. The number of hydrogen-bond donors (Lipinski definition) is 1. The van der Waals surface area contributed by atoms with Crippen LogP contribution in [0.15, 0.2) is 42.5 Å². The van der Waals surface area contributed by atoms with Crippen LogP contribution < -0.4 is 10.1 Å². The van der Waals surface area contributed by atoms with Gasteiger partial charge in [-0.2, -0.15) is 0 Å².